The Bertz CT molecular complexity index is 267. The van der Waals surface area contributed by atoms with Crippen molar-refractivity contribution in [3.05, 3.63) is 0 Å². The minimum absolute atomic E-state index is 0.443. The van der Waals surface area contributed by atoms with E-state index >= 15 is 0 Å². The number of ether oxygens (including phenoxy) is 1. The van der Waals surface area contributed by atoms with Crippen LogP contribution >= 0.6 is 11.8 Å². The van der Waals surface area contributed by atoms with E-state index < -0.39 is 0 Å². The molecule has 2 aliphatic heterocycles. The molecular weight excluding hydrogens is 256 g/mol. The molecule has 0 aromatic rings. The summed E-state index contributed by atoms with van der Waals surface area (Å²) in [5, 5.41) is 3.64. The van der Waals surface area contributed by atoms with E-state index in [-0.39, 0.29) is 0 Å². The van der Waals surface area contributed by atoms with Crippen molar-refractivity contribution in [1.29, 1.82) is 0 Å². The maximum absolute atomic E-state index is 5.73. The van der Waals surface area contributed by atoms with Gasteiger partial charge in [0.15, 0.2) is 0 Å². The molecule has 3 nitrogen and oxygen atoms in total. The fraction of sp³-hybridized carbons (Fsp3) is 1.00. The lowest BCUT2D eigenvalue weighted by molar-refractivity contribution is 0.0827. The van der Waals surface area contributed by atoms with Gasteiger partial charge < -0.3 is 15.0 Å². The van der Waals surface area contributed by atoms with Crippen LogP contribution in [0.4, 0.5) is 0 Å². The largest absolute Gasteiger partial charge is 0.377 e. The van der Waals surface area contributed by atoms with Crippen molar-refractivity contribution in [3.8, 4) is 0 Å². The summed E-state index contributed by atoms with van der Waals surface area (Å²) in [6.45, 7) is 12.7. The Kier molecular flexibility index (Phi) is 6.00. The lowest BCUT2D eigenvalue weighted by atomic mass is 10.1. The minimum atomic E-state index is 0.443. The summed E-state index contributed by atoms with van der Waals surface area (Å²) in [5.74, 6) is 1.27. The van der Waals surface area contributed by atoms with Gasteiger partial charge in [-0.2, -0.15) is 11.8 Å². The highest BCUT2D eigenvalue weighted by Crippen LogP contribution is 2.30. The van der Waals surface area contributed by atoms with Crippen molar-refractivity contribution in [3.63, 3.8) is 0 Å². The summed E-state index contributed by atoms with van der Waals surface area (Å²) in [6.07, 6.45) is 4.20. The topological polar surface area (TPSA) is 24.5 Å². The predicted octanol–water partition coefficient (Wildman–Crippen LogP) is 2.36. The highest BCUT2D eigenvalue weighted by atomic mass is 32.2. The molecule has 19 heavy (non-hydrogen) atoms. The second-order valence-corrected chi connectivity index (χ2v) is 8.30. The minimum Gasteiger partial charge on any atom is -0.377 e. The van der Waals surface area contributed by atoms with Gasteiger partial charge in [-0.3, -0.25) is 0 Å². The quantitative estimate of drug-likeness (QED) is 0.838. The van der Waals surface area contributed by atoms with Crippen LogP contribution in [0.1, 0.15) is 40.0 Å². The lowest BCUT2D eigenvalue weighted by Gasteiger charge is -2.24. The Morgan fingerprint density at radius 3 is 3.00 bits per heavy atom. The summed E-state index contributed by atoms with van der Waals surface area (Å²) in [5.41, 5.74) is 0. The molecule has 2 rings (SSSR count). The maximum Gasteiger partial charge on any atom is 0.0726 e. The van der Waals surface area contributed by atoms with Gasteiger partial charge >= 0.3 is 0 Å². The molecule has 0 radical (unpaired) electrons. The Labute approximate surface area is 122 Å². The molecule has 0 aromatic carbocycles. The fourth-order valence-electron chi connectivity index (χ4n) is 2.86. The molecule has 0 bridgehead atoms. The maximum atomic E-state index is 5.73. The zero-order chi connectivity index (χ0) is 13.7. The van der Waals surface area contributed by atoms with Crippen molar-refractivity contribution in [2.24, 2.45) is 0 Å². The molecule has 2 unspecified atom stereocenters. The van der Waals surface area contributed by atoms with Gasteiger partial charge in [-0.05, 0) is 32.7 Å². The Morgan fingerprint density at radius 1 is 1.42 bits per heavy atom. The molecule has 1 N–H and O–H groups in total. The van der Waals surface area contributed by atoms with Crippen LogP contribution in [-0.4, -0.2) is 60.3 Å². The van der Waals surface area contributed by atoms with Crippen molar-refractivity contribution >= 4 is 11.8 Å². The van der Waals surface area contributed by atoms with Crippen molar-refractivity contribution in [1.82, 2.24) is 10.2 Å². The number of rotatable bonds is 5. The molecule has 4 heteroatoms. The summed E-state index contributed by atoms with van der Waals surface area (Å²) >= 11 is 2.12. The normalized spacial score (nSPS) is 30.2. The molecule has 2 atom stereocenters. The monoisotopic (exact) mass is 286 g/mol. The van der Waals surface area contributed by atoms with Gasteiger partial charge in [0.1, 0.15) is 0 Å². The molecule has 2 heterocycles. The zero-order valence-electron chi connectivity index (χ0n) is 12.8. The van der Waals surface area contributed by atoms with Crippen molar-refractivity contribution < 1.29 is 4.74 Å². The first-order chi connectivity index (χ1) is 9.07. The third-order valence-electron chi connectivity index (χ3n) is 4.35. The SMILES string of the molecule is CC(NCCN1CCSC(C)(C)CC1)C1CCCO1. The van der Waals surface area contributed by atoms with Crippen LogP contribution in [0.5, 0.6) is 0 Å². The van der Waals surface area contributed by atoms with Gasteiger partial charge in [-0.1, -0.05) is 13.8 Å². The zero-order valence-corrected chi connectivity index (χ0v) is 13.6. The van der Waals surface area contributed by atoms with Crippen LogP contribution in [-0.2, 0) is 4.74 Å². The van der Waals surface area contributed by atoms with Crippen LogP contribution in [0.25, 0.3) is 0 Å². The molecule has 0 saturated carbocycles. The first-order valence-electron chi connectivity index (χ1n) is 7.78. The summed E-state index contributed by atoms with van der Waals surface area (Å²) in [4.78, 5) is 2.61. The Hall–Kier alpha value is 0.230. The van der Waals surface area contributed by atoms with E-state index in [2.05, 4.69) is 42.7 Å². The Morgan fingerprint density at radius 2 is 2.26 bits per heavy atom. The smallest absolute Gasteiger partial charge is 0.0726 e. The van der Waals surface area contributed by atoms with Crippen LogP contribution in [0.2, 0.25) is 0 Å². The highest BCUT2D eigenvalue weighted by Gasteiger charge is 2.24. The number of nitrogens with one attached hydrogen (secondary N) is 1. The second-order valence-electron chi connectivity index (χ2n) is 6.49. The van der Waals surface area contributed by atoms with E-state index in [9.17, 15) is 0 Å². The third kappa shape index (κ3) is 5.25. The number of hydrogen-bond acceptors (Lipinski definition) is 4. The molecule has 2 aliphatic rings. The van der Waals surface area contributed by atoms with Gasteiger partial charge in [-0.25, -0.2) is 0 Å². The second kappa shape index (κ2) is 7.30. The molecule has 2 saturated heterocycles. The van der Waals surface area contributed by atoms with Crippen LogP contribution in [0.15, 0.2) is 0 Å². The summed E-state index contributed by atoms with van der Waals surface area (Å²) in [6, 6.07) is 0.500. The lowest BCUT2D eigenvalue weighted by Crippen LogP contribution is -2.42. The highest BCUT2D eigenvalue weighted by molar-refractivity contribution is 8.00. The number of hydrogen-bond donors (Lipinski definition) is 1. The molecule has 112 valence electrons. The van der Waals surface area contributed by atoms with Gasteiger partial charge in [-0.15, -0.1) is 0 Å². The standard InChI is InChI=1S/C15H30N2OS/c1-13(14-5-4-11-18-14)16-7-9-17-8-6-15(2,3)19-12-10-17/h13-14,16H,4-12H2,1-3H3. The molecular formula is C15H30N2OS. The van der Waals surface area contributed by atoms with Crippen LogP contribution < -0.4 is 5.32 Å². The van der Waals surface area contributed by atoms with Gasteiger partial charge in [0.05, 0.1) is 6.10 Å². The van der Waals surface area contributed by atoms with E-state index in [0.717, 1.165) is 13.2 Å². The van der Waals surface area contributed by atoms with Gasteiger partial charge in [0.2, 0.25) is 0 Å². The third-order valence-corrected chi connectivity index (χ3v) is 5.72. The van der Waals surface area contributed by atoms with E-state index in [4.69, 9.17) is 4.74 Å². The summed E-state index contributed by atoms with van der Waals surface area (Å²) in [7, 11) is 0. The fourth-order valence-corrected chi connectivity index (χ4v) is 4.00. The number of nitrogens with zero attached hydrogens (tertiary/aromatic N) is 1. The van der Waals surface area contributed by atoms with E-state index in [1.807, 2.05) is 0 Å². The average molecular weight is 286 g/mol. The first kappa shape index (κ1) is 15.6. The van der Waals surface area contributed by atoms with Gasteiger partial charge in [0.25, 0.3) is 0 Å². The summed E-state index contributed by atoms with van der Waals surface area (Å²) < 4.78 is 6.19. The van der Waals surface area contributed by atoms with Crippen LogP contribution in [0.3, 0.4) is 0 Å². The van der Waals surface area contributed by atoms with Crippen LogP contribution in [0, 0.1) is 0 Å². The molecule has 2 fully saturated rings. The van der Waals surface area contributed by atoms with Crippen molar-refractivity contribution in [2.75, 3.05) is 38.5 Å². The molecule has 0 aromatic heterocycles. The average Bonchev–Trinajstić information content (AvgIpc) is 2.83. The predicted molar refractivity (Wildman–Crippen MR) is 84.0 cm³/mol. The molecule has 0 spiro atoms. The molecule has 0 amide bonds. The van der Waals surface area contributed by atoms with E-state index in [0.29, 0.717) is 16.9 Å². The van der Waals surface area contributed by atoms with E-state index in [1.165, 1.54) is 44.6 Å². The van der Waals surface area contributed by atoms with Crippen molar-refractivity contribution in [2.45, 2.75) is 56.9 Å². The number of thioether (sulfide) groups is 1. The first-order valence-corrected chi connectivity index (χ1v) is 8.77. The molecule has 0 aliphatic carbocycles. The Balaban J connectivity index is 1.62. The van der Waals surface area contributed by atoms with Gasteiger partial charge in [0, 0.05) is 42.8 Å². The van der Waals surface area contributed by atoms with E-state index in [1.54, 1.807) is 0 Å².